The fourth-order valence-corrected chi connectivity index (χ4v) is 9.33. The molecule has 4 N–H and O–H groups in total. The van der Waals surface area contributed by atoms with Gasteiger partial charge in [-0.15, -0.1) is 0 Å². The van der Waals surface area contributed by atoms with Crippen molar-refractivity contribution >= 4 is 23.1 Å². The molecule has 0 aliphatic carbocycles. The van der Waals surface area contributed by atoms with Crippen molar-refractivity contribution in [1.82, 2.24) is 4.90 Å². The summed E-state index contributed by atoms with van der Waals surface area (Å²) in [5, 5.41) is 50.2. The van der Waals surface area contributed by atoms with Crippen molar-refractivity contribution < 1.29 is 58.4 Å². The number of hydrogen-bond donors (Lipinski definition) is 4. The molecule has 3 fully saturated rings. The molecule has 4 heterocycles. The molecule has 13 nitrogen and oxygen atoms in total. The summed E-state index contributed by atoms with van der Waals surface area (Å²) in [6.07, 6.45) is -8.77. The number of carbonyl (C=O) groups excluding carboxylic acids is 2. The Balaban J connectivity index is 1.84. The van der Waals surface area contributed by atoms with E-state index in [0.717, 1.165) is 0 Å². The van der Waals surface area contributed by atoms with Crippen LogP contribution in [0.3, 0.4) is 0 Å². The second kappa shape index (κ2) is 17.7. The maximum absolute atomic E-state index is 14.4. The van der Waals surface area contributed by atoms with E-state index in [2.05, 4.69) is 0 Å². The second-order valence-electron chi connectivity index (χ2n) is 16.7. The third kappa shape index (κ3) is 9.70. The zero-order chi connectivity index (χ0) is 39.7. The van der Waals surface area contributed by atoms with Crippen LogP contribution in [0.5, 0.6) is 0 Å². The van der Waals surface area contributed by atoms with Crippen molar-refractivity contribution in [3.63, 3.8) is 0 Å². The number of carbonyl (C=O) groups is 2. The van der Waals surface area contributed by atoms with Gasteiger partial charge in [-0.25, -0.2) is 0 Å². The number of likely N-dealkylation sites (N-methyl/N-ethyl adjacent to an activating group) is 1. The highest BCUT2D eigenvalue weighted by Gasteiger charge is 2.52. The van der Waals surface area contributed by atoms with Gasteiger partial charge in [0.25, 0.3) is 0 Å². The molecule has 304 valence electrons. The highest BCUT2D eigenvalue weighted by molar-refractivity contribution is 7.08. The molecule has 0 radical (unpaired) electrons. The van der Waals surface area contributed by atoms with Gasteiger partial charge in [-0.05, 0) is 78.4 Å². The molecule has 1 aromatic rings. The number of nitrogens with zero attached hydrogens (tertiary/aromatic N) is 1. The van der Waals surface area contributed by atoms with E-state index in [1.165, 1.54) is 18.4 Å². The molecule has 53 heavy (non-hydrogen) atoms. The Morgan fingerprint density at radius 1 is 0.906 bits per heavy atom. The Morgan fingerprint density at radius 3 is 2.15 bits per heavy atom. The minimum atomic E-state index is -1.74. The van der Waals surface area contributed by atoms with Crippen molar-refractivity contribution in [3.05, 3.63) is 22.4 Å². The van der Waals surface area contributed by atoms with E-state index in [9.17, 15) is 30.0 Å². The highest BCUT2D eigenvalue weighted by atomic mass is 32.1. The second-order valence-corrected chi connectivity index (χ2v) is 17.5. The number of ether oxygens (including phenoxy) is 6. The minimum Gasteiger partial charge on any atom is -0.457 e. The molecule has 0 amide bonds. The van der Waals surface area contributed by atoms with Gasteiger partial charge in [-0.2, -0.15) is 11.3 Å². The summed E-state index contributed by atoms with van der Waals surface area (Å²) in [5.41, 5.74) is -2.08. The van der Waals surface area contributed by atoms with Gasteiger partial charge in [0.05, 0.1) is 47.6 Å². The third-order valence-electron chi connectivity index (χ3n) is 12.1. The summed E-state index contributed by atoms with van der Waals surface area (Å²) in [6.45, 7) is 15.5. The Bertz CT molecular complexity index is 1350. The van der Waals surface area contributed by atoms with Gasteiger partial charge >= 0.3 is 5.97 Å². The van der Waals surface area contributed by atoms with Crippen LogP contribution in [0, 0.1) is 29.6 Å². The van der Waals surface area contributed by atoms with Crippen LogP contribution in [-0.4, -0.2) is 131 Å². The molecule has 3 aliphatic rings. The van der Waals surface area contributed by atoms with E-state index in [4.69, 9.17) is 28.4 Å². The van der Waals surface area contributed by atoms with Crippen LogP contribution < -0.4 is 0 Å². The van der Waals surface area contributed by atoms with Crippen molar-refractivity contribution in [2.75, 3.05) is 21.2 Å². The van der Waals surface area contributed by atoms with E-state index in [-0.39, 0.29) is 30.8 Å². The van der Waals surface area contributed by atoms with Crippen molar-refractivity contribution in [2.24, 2.45) is 29.6 Å². The van der Waals surface area contributed by atoms with Gasteiger partial charge in [0.1, 0.15) is 24.1 Å². The fourth-order valence-electron chi connectivity index (χ4n) is 8.65. The molecular weight excluding hydrogens is 706 g/mol. The van der Waals surface area contributed by atoms with E-state index < -0.39 is 102 Å². The number of ketones is 1. The van der Waals surface area contributed by atoms with Gasteiger partial charge in [0, 0.05) is 48.8 Å². The Hall–Kier alpha value is -1.56. The number of methoxy groups -OCH3 is 1. The third-order valence-corrected chi connectivity index (χ3v) is 12.8. The van der Waals surface area contributed by atoms with Gasteiger partial charge in [0.15, 0.2) is 12.6 Å². The van der Waals surface area contributed by atoms with Crippen LogP contribution in [0.15, 0.2) is 16.8 Å². The van der Waals surface area contributed by atoms with Gasteiger partial charge in [-0.1, -0.05) is 27.7 Å². The first-order valence-corrected chi connectivity index (χ1v) is 19.9. The van der Waals surface area contributed by atoms with Crippen LogP contribution in [0.4, 0.5) is 0 Å². The molecule has 3 saturated heterocycles. The summed E-state index contributed by atoms with van der Waals surface area (Å²) < 4.78 is 37.7. The maximum atomic E-state index is 14.4. The summed E-state index contributed by atoms with van der Waals surface area (Å²) in [6, 6.07) is 1.52. The van der Waals surface area contributed by atoms with Crippen molar-refractivity contribution in [2.45, 2.75) is 160 Å². The largest absolute Gasteiger partial charge is 0.457 e. The number of Topliss-reactive ketones (excluding diaryl/α,β-unsaturated/α-hetero) is 1. The molecule has 18 atom stereocenters. The monoisotopic (exact) mass is 771 g/mol. The molecule has 0 saturated carbocycles. The van der Waals surface area contributed by atoms with Crippen molar-refractivity contribution in [3.8, 4) is 0 Å². The number of rotatable bonds is 7. The van der Waals surface area contributed by atoms with Gasteiger partial charge in [0.2, 0.25) is 0 Å². The van der Waals surface area contributed by atoms with Crippen LogP contribution in [0.2, 0.25) is 0 Å². The SMILES string of the molecule is CO[C@]1(C)C[C@H](O[C@H]2[C@H](C)[C@@H](O[C@@H]3O[C@H](C)C[C@H](N(C)C)[C@H]3O)[C@](C)(O)C[C@@H](C)C(=O)[C@H](C)[C@@H](O)[C@@H](C)[C@@H](c3ccsc3)OC(=O)[C@@H]2C)O[C@@H](C)[C@@H]1O. The van der Waals surface area contributed by atoms with E-state index in [1.54, 1.807) is 55.4 Å². The minimum absolute atomic E-state index is 0.0633. The lowest BCUT2D eigenvalue weighted by atomic mass is 9.74. The number of hydrogen-bond acceptors (Lipinski definition) is 14. The topological polar surface area (TPSA) is 174 Å². The Morgan fingerprint density at radius 2 is 1.57 bits per heavy atom. The average Bonchev–Trinajstić information content (AvgIpc) is 3.64. The summed E-state index contributed by atoms with van der Waals surface area (Å²) in [5.74, 6) is -4.91. The molecule has 3 aliphatic heterocycles. The first kappa shape index (κ1) is 44.2. The maximum Gasteiger partial charge on any atom is 0.311 e. The van der Waals surface area contributed by atoms with Crippen LogP contribution >= 0.6 is 11.3 Å². The molecular formula is C39H65NO12S. The molecule has 14 heteroatoms. The summed E-state index contributed by atoms with van der Waals surface area (Å²) >= 11 is 1.43. The molecule has 4 rings (SSSR count). The number of aliphatic hydroxyl groups is 4. The number of thiophene rings is 1. The Labute approximate surface area is 319 Å². The first-order chi connectivity index (χ1) is 24.6. The lowest BCUT2D eigenvalue weighted by Gasteiger charge is -2.49. The smallest absolute Gasteiger partial charge is 0.311 e. The average molecular weight is 772 g/mol. The normalized spacial score (nSPS) is 46.9. The van der Waals surface area contributed by atoms with Gasteiger partial charge in [-0.3, -0.25) is 9.59 Å². The summed E-state index contributed by atoms with van der Waals surface area (Å²) in [4.78, 5) is 30.3. The van der Waals surface area contributed by atoms with E-state index in [1.807, 2.05) is 42.7 Å². The zero-order valence-electron chi connectivity index (χ0n) is 33.5. The first-order valence-electron chi connectivity index (χ1n) is 19.0. The number of cyclic esters (lactones) is 1. The molecule has 1 aromatic heterocycles. The summed E-state index contributed by atoms with van der Waals surface area (Å²) in [7, 11) is 5.23. The Kier molecular flexibility index (Phi) is 14.8. The molecule has 0 bridgehead atoms. The van der Waals surface area contributed by atoms with E-state index >= 15 is 0 Å². The molecule has 0 unspecified atom stereocenters. The molecule has 0 aromatic carbocycles. The van der Waals surface area contributed by atoms with Crippen LogP contribution in [0.25, 0.3) is 0 Å². The standard InChI is InChI=1S/C39H65NO12S/c1-19-16-38(8,46)35(52-37-31(43)27(40(10)11)15-20(2)48-37)23(5)32(50-28-17-39(9,47-12)34(44)25(7)49-28)24(6)36(45)51-33(26-13-14-53-18-26)22(4)30(42)21(3)29(19)41/h13-14,18-25,27-28,30-35,37,42-44,46H,15-17H2,1-12H3/t19-,20-,21+,22-,23+,24-,25+,27+,28+,30-,31-,32+,33+,34+,35-,37+,38-,39-/m1/s1. The predicted molar refractivity (Wildman–Crippen MR) is 198 cm³/mol. The lowest BCUT2D eigenvalue weighted by molar-refractivity contribution is -0.317. The van der Waals surface area contributed by atoms with Crippen LogP contribution in [0.1, 0.15) is 93.2 Å². The van der Waals surface area contributed by atoms with Crippen LogP contribution in [-0.2, 0) is 38.0 Å². The highest BCUT2D eigenvalue weighted by Crippen LogP contribution is 2.41. The number of esters is 1. The predicted octanol–water partition coefficient (Wildman–Crippen LogP) is 3.69. The quantitative estimate of drug-likeness (QED) is 0.296. The van der Waals surface area contributed by atoms with E-state index in [0.29, 0.717) is 12.0 Å². The zero-order valence-corrected chi connectivity index (χ0v) is 34.3. The lowest BCUT2D eigenvalue weighted by Crippen LogP contribution is -2.60. The van der Waals surface area contributed by atoms with Crippen molar-refractivity contribution in [1.29, 1.82) is 0 Å². The molecule has 0 spiro atoms. The number of aliphatic hydroxyl groups excluding tert-OH is 3. The van der Waals surface area contributed by atoms with Gasteiger partial charge < -0.3 is 53.7 Å². The fraction of sp³-hybridized carbons (Fsp3) is 0.846.